The molecule has 0 aliphatic carbocycles. The number of methoxy groups -OCH3 is 2. The Morgan fingerprint density at radius 2 is 2.04 bits per heavy atom. The second kappa shape index (κ2) is 8.03. The topological polar surface area (TPSA) is 90.6 Å². The molecule has 1 amide bonds. The van der Waals surface area contributed by atoms with Crippen LogP contribution in [-0.4, -0.2) is 39.9 Å². The van der Waals surface area contributed by atoms with Crippen molar-refractivity contribution in [3.8, 4) is 11.5 Å². The van der Waals surface area contributed by atoms with E-state index in [1.807, 2.05) is 26.0 Å². The SMILES string of the molecule is COc1ccc(CNC(=O)CCc2c(C)nn3cnnc3c2C)c(OC)c1. The van der Waals surface area contributed by atoms with E-state index in [2.05, 4.69) is 20.6 Å². The van der Waals surface area contributed by atoms with Crippen molar-refractivity contribution in [2.75, 3.05) is 14.2 Å². The van der Waals surface area contributed by atoms with E-state index in [9.17, 15) is 4.79 Å². The molecule has 3 aromatic rings. The summed E-state index contributed by atoms with van der Waals surface area (Å²) >= 11 is 0. The van der Waals surface area contributed by atoms with Gasteiger partial charge in [-0.25, -0.2) is 4.52 Å². The van der Waals surface area contributed by atoms with Crippen LogP contribution in [0, 0.1) is 13.8 Å². The number of amides is 1. The highest BCUT2D eigenvalue weighted by atomic mass is 16.5. The summed E-state index contributed by atoms with van der Waals surface area (Å²) in [6.07, 6.45) is 2.54. The Bertz CT molecular complexity index is 967. The Balaban J connectivity index is 1.62. The van der Waals surface area contributed by atoms with Crippen LogP contribution in [-0.2, 0) is 17.8 Å². The van der Waals surface area contributed by atoms with Crippen LogP contribution >= 0.6 is 0 Å². The molecule has 1 aromatic carbocycles. The molecule has 0 saturated carbocycles. The standard InChI is InChI=1S/C19H23N5O3/c1-12-16(13(2)23-24-11-21-22-19(12)24)7-8-18(25)20-10-14-5-6-15(26-3)9-17(14)27-4/h5-6,9,11H,7-8,10H2,1-4H3,(H,20,25). The molecule has 0 bridgehead atoms. The van der Waals surface area contributed by atoms with Gasteiger partial charge >= 0.3 is 0 Å². The van der Waals surface area contributed by atoms with Gasteiger partial charge in [0.25, 0.3) is 0 Å². The number of carbonyl (C=O) groups excluding carboxylic acids is 1. The highest BCUT2D eigenvalue weighted by Crippen LogP contribution is 2.24. The molecule has 0 spiro atoms. The van der Waals surface area contributed by atoms with E-state index in [0.717, 1.165) is 28.0 Å². The van der Waals surface area contributed by atoms with Gasteiger partial charge in [0, 0.05) is 30.2 Å². The third kappa shape index (κ3) is 3.99. The van der Waals surface area contributed by atoms with E-state index in [-0.39, 0.29) is 5.91 Å². The summed E-state index contributed by atoms with van der Waals surface area (Å²) in [5.74, 6) is 1.36. The molecule has 0 saturated heterocycles. The van der Waals surface area contributed by atoms with Crippen molar-refractivity contribution in [3.05, 3.63) is 46.9 Å². The molecule has 142 valence electrons. The molecule has 8 nitrogen and oxygen atoms in total. The summed E-state index contributed by atoms with van der Waals surface area (Å²) in [5, 5.41) is 15.3. The number of aryl methyl sites for hydroxylation is 2. The molecule has 3 rings (SSSR count). The van der Waals surface area contributed by atoms with E-state index in [1.165, 1.54) is 0 Å². The van der Waals surface area contributed by atoms with Crippen molar-refractivity contribution in [1.29, 1.82) is 0 Å². The Morgan fingerprint density at radius 3 is 2.78 bits per heavy atom. The number of rotatable bonds is 7. The van der Waals surface area contributed by atoms with Crippen LogP contribution in [0.2, 0.25) is 0 Å². The van der Waals surface area contributed by atoms with Crippen molar-refractivity contribution >= 4 is 11.6 Å². The molecule has 2 aromatic heterocycles. The molecule has 27 heavy (non-hydrogen) atoms. The van der Waals surface area contributed by atoms with Crippen LogP contribution in [0.3, 0.4) is 0 Å². The third-order valence-electron chi connectivity index (χ3n) is 4.59. The van der Waals surface area contributed by atoms with E-state index >= 15 is 0 Å². The summed E-state index contributed by atoms with van der Waals surface area (Å²) in [6, 6.07) is 5.53. The zero-order valence-electron chi connectivity index (χ0n) is 15.9. The highest BCUT2D eigenvalue weighted by molar-refractivity contribution is 5.76. The minimum atomic E-state index is -0.0342. The number of carbonyl (C=O) groups is 1. The quantitative estimate of drug-likeness (QED) is 0.685. The maximum atomic E-state index is 12.3. The van der Waals surface area contributed by atoms with Gasteiger partial charge in [0.15, 0.2) is 5.65 Å². The van der Waals surface area contributed by atoms with Gasteiger partial charge in [-0.05, 0) is 38.0 Å². The molecular weight excluding hydrogens is 346 g/mol. The summed E-state index contributed by atoms with van der Waals surface area (Å²) < 4.78 is 12.2. The van der Waals surface area contributed by atoms with Gasteiger partial charge in [0.1, 0.15) is 17.8 Å². The summed E-state index contributed by atoms with van der Waals surface area (Å²) in [6.45, 7) is 4.31. The lowest BCUT2D eigenvalue weighted by atomic mass is 10.0. The number of benzene rings is 1. The van der Waals surface area contributed by atoms with Gasteiger partial charge < -0.3 is 14.8 Å². The van der Waals surface area contributed by atoms with E-state index in [1.54, 1.807) is 31.1 Å². The average molecular weight is 369 g/mol. The fourth-order valence-corrected chi connectivity index (χ4v) is 3.07. The predicted molar refractivity (Wildman–Crippen MR) is 100.0 cm³/mol. The normalized spacial score (nSPS) is 10.8. The Morgan fingerprint density at radius 1 is 1.22 bits per heavy atom. The Kier molecular flexibility index (Phi) is 5.54. The van der Waals surface area contributed by atoms with Crippen LogP contribution < -0.4 is 14.8 Å². The maximum absolute atomic E-state index is 12.3. The van der Waals surface area contributed by atoms with E-state index < -0.39 is 0 Å². The summed E-state index contributed by atoms with van der Waals surface area (Å²) in [5.41, 5.74) is 4.53. The number of nitrogens with one attached hydrogen (secondary N) is 1. The average Bonchev–Trinajstić information content (AvgIpc) is 3.14. The summed E-state index contributed by atoms with van der Waals surface area (Å²) in [7, 11) is 3.20. The lowest BCUT2D eigenvalue weighted by Gasteiger charge is -2.12. The first-order chi connectivity index (χ1) is 13.0. The van der Waals surface area contributed by atoms with Gasteiger partial charge in [-0.2, -0.15) is 5.10 Å². The minimum absolute atomic E-state index is 0.0342. The van der Waals surface area contributed by atoms with Gasteiger partial charge in [-0.15, -0.1) is 10.2 Å². The van der Waals surface area contributed by atoms with Crippen LogP contribution in [0.15, 0.2) is 24.5 Å². The summed E-state index contributed by atoms with van der Waals surface area (Å²) in [4.78, 5) is 12.3. The highest BCUT2D eigenvalue weighted by Gasteiger charge is 2.13. The molecule has 0 radical (unpaired) electrons. The first kappa shape index (κ1) is 18.6. The molecular formula is C19H23N5O3. The van der Waals surface area contributed by atoms with Crippen LogP contribution in [0.25, 0.3) is 5.65 Å². The lowest BCUT2D eigenvalue weighted by molar-refractivity contribution is -0.121. The van der Waals surface area contributed by atoms with E-state index in [0.29, 0.717) is 30.9 Å². The monoisotopic (exact) mass is 369 g/mol. The van der Waals surface area contributed by atoms with Crippen molar-refractivity contribution in [2.24, 2.45) is 0 Å². The second-order valence-corrected chi connectivity index (χ2v) is 6.24. The number of aromatic nitrogens is 4. The van der Waals surface area contributed by atoms with Gasteiger partial charge in [0.05, 0.1) is 19.9 Å². The number of ether oxygens (including phenoxy) is 2. The molecule has 0 unspecified atom stereocenters. The van der Waals surface area contributed by atoms with Crippen LogP contribution in [0.4, 0.5) is 0 Å². The molecule has 0 aliphatic heterocycles. The van der Waals surface area contributed by atoms with Crippen LogP contribution in [0.1, 0.15) is 28.8 Å². The fraction of sp³-hybridized carbons (Fsp3) is 0.368. The predicted octanol–water partition coefficient (Wildman–Crippen LogP) is 2.01. The van der Waals surface area contributed by atoms with Crippen molar-refractivity contribution < 1.29 is 14.3 Å². The van der Waals surface area contributed by atoms with E-state index in [4.69, 9.17) is 9.47 Å². The second-order valence-electron chi connectivity index (χ2n) is 6.24. The Hall–Kier alpha value is -3.16. The number of fused-ring (bicyclic) bond motifs is 1. The van der Waals surface area contributed by atoms with Gasteiger partial charge in [-0.1, -0.05) is 0 Å². The molecule has 0 atom stereocenters. The zero-order chi connectivity index (χ0) is 19.4. The first-order valence-electron chi connectivity index (χ1n) is 8.67. The molecule has 8 heteroatoms. The first-order valence-corrected chi connectivity index (χ1v) is 8.67. The Labute approximate surface area is 157 Å². The molecule has 2 heterocycles. The van der Waals surface area contributed by atoms with Crippen molar-refractivity contribution in [3.63, 3.8) is 0 Å². The van der Waals surface area contributed by atoms with Crippen LogP contribution in [0.5, 0.6) is 11.5 Å². The van der Waals surface area contributed by atoms with Crippen molar-refractivity contribution in [1.82, 2.24) is 25.1 Å². The molecule has 0 aliphatic rings. The lowest BCUT2D eigenvalue weighted by Crippen LogP contribution is -2.23. The number of nitrogens with zero attached hydrogens (tertiary/aromatic N) is 4. The molecule has 0 fully saturated rings. The number of hydrogen-bond donors (Lipinski definition) is 1. The maximum Gasteiger partial charge on any atom is 0.220 e. The third-order valence-corrected chi connectivity index (χ3v) is 4.59. The largest absolute Gasteiger partial charge is 0.497 e. The van der Waals surface area contributed by atoms with Crippen molar-refractivity contribution in [2.45, 2.75) is 33.2 Å². The van der Waals surface area contributed by atoms with Gasteiger partial charge in [0.2, 0.25) is 5.91 Å². The fourth-order valence-electron chi connectivity index (χ4n) is 3.07. The molecule has 1 N–H and O–H groups in total. The zero-order valence-corrected chi connectivity index (χ0v) is 15.9. The number of hydrogen-bond acceptors (Lipinski definition) is 6. The van der Waals surface area contributed by atoms with Gasteiger partial charge in [-0.3, -0.25) is 4.79 Å². The minimum Gasteiger partial charge on any atom is -0.497 e. The smallest absolute Gasteiger partial charge is 0.220 e.